The van der Waals surface area contributed by atoms with E-state index in [1.165, 1.54) is 12.1 Å². The van der Waals surface area contributed by atoms with Gasteiger partial charge in [-0.1, -0.05) is 30.3 Å². The quantitative estimate of drug-likeness (QED) is 0.597. The van der Waals surface area contributed by atoms with Crippen molar-refractivity contribution in [3.05, 3.63) is 42.5 Å². The highest BCUT2D eigenvalue weighted by Gasteiger charge is 2.01. The fourth-order valence-corrected chi connectivity index (χ4v) is 1.83. The van der Waals surface area contributed by atoms with Crippen LogP contribution in [0.2, 0.25) is 0 Å². The highest BCUT2D eigenvalue weighted by Crippen LogP contribution is 2.18. The third-order valence-electron chi connectivity index (χ3n) is 2.01. The van der Waals surface area contributed by atoms with Gasteiger partial charge < -0.3 is 4.55 Å². The highest BCUT2D eigenvalue weighted by atomic mass is 32.2. The molecule has 19 heavy (non-hydrogen) atoms. The summed E-state index contributed by atoms with van der Waals surface area (Å²) in [7, 11) is -5.76. The largest absolute Gasteiger partial charge is 0.744 e. The number of benzene rings is 2. The zero-order valence-corrected chi connectivity index (χ0v) is 12.6. The average Bonchev–Trinajstić information content (AvgIpc) is 2.25. The minimum absolute atomic E-state index is 0.184. The number of hydrogen-bond donors (Lipinski definition) is 0. The third kappa shape index (κ3) is 5.96. The lowest BCUT2D eigenvalue weighted by molar-refractivity contribution is 0.463. The van der Waals surface area contributed by atoms with Crippen molar-refractivity contribution in [2.75, 3.05) is 18.8 Å². The Kier molecular flexibility index (Phi) is 4.84. The molecule has 0 fully saturated rings. The van der Waals surface area contributed by atoms with Crippen molar-refractivity contribution in [2.24, 2.45) is 0 Å². The van der Waals surface area contributed by atoms with Crippen molar-refractivity contribution in [3.8, 4) is 0 Å². The summed E-state index contributed by atoms with van der Waals surface area (Å²) in [4.78, 5) is -0.184. The Morgan fingerprint density at radius 2 is 1.42 bits per heavy atom. The first-order chi connectivity index (χ1) is 8.57. The monoisotopic (exact) mass is 300 g/mol. The molecule has 0 bridgehead atoms. The maximum atomic E-state index is 10.7. The Labute approximate surface area is 114 Å². The van der Waals surface area contributed by atoms with E-state index >= 15 is 0 Å². The van der Waals surface area contributed by atoms with E-state index in [0.717, 1.165) is 10.8 Å². The Balaban J connectivity index is 0.000000312. The van der Waals surface area contributed by atoms with Crippen LogP contribution in [-0.2, 0) is 24.3 Å². The molecule has 0 unspecified atom stereocenters. The molecule has 0 aliphatic rings. The zero-order valence-electron chi connectivity index (χ0n) is 11.0. The highest BCUT2D eigenvalue weighted by molar-refractivity contribution is 8.00. The molecule has 0 aliphatic carbocycles. The van der Waals surface area contributed by atoms with E-state index in [4.69, 9.17) is 0 Å². The Morgan fingerprint density at radius 1 is 0.947 bits per heavy atom. The molecule has 2 aromatic carbocycles. The summed E-state index contributed by atoms with van der Waals surface area (Å²) in [6.07, 6.45) is 5.15. The fraction of sp³-hybridized carbons (Fsp3) is 0.231. The average molecular weight is 300 g/mol. The second kappa shape index (κ2) is 5.81. The van der Waals surface area contributed by atoms with Gasteiger partial charge in [0.2, 0.25) is 0 Å². The number of fused-ring (bicyclic) bond motifs is 1. The standard InChI is InChI=1S/C10H8O3S.C3H9OS/c11-14(12,13)10-6-5-8-3-1-2-4-9(8)7-10;1-5(2,3)4/h1-7H,(H,11,12,13);1-3H3/q;+1/p-1. The molecule has 0 aliphatic heterocycles. The van der Waals surface area contributed by atoms with Gasteiger partial charge in [0, 0.05) is 0 Å². The van der Waals surface area contributed by atoms with Gasteiger partial charge in [-0.15, -0.1) is 4.21 Å². The van der Waals surface area contributed by atoms with Gasteiger partial charge in [-0.25, -0.2) is 8.42 Å². The summed E-state index contributed by atoms with van der Waals surface area (Å²) in [6, 6.07) is 11.6. The second-order valence-corrected chi connectivity index (χ2v) is 9.52. The molecule has 0 radical (unpaired) electrons. The van der Waals surface area contributed by atoms with E-state index < -0.39 is 20.1 Å². The SMILES string of the molecule is C[S+](C)(C)=O.O=S(=O)([O-])c1ccc2ccccc2c1. The molecule has 2 rings (SSSR count). The molecule has 104 valence electrons. The summed E-state index contributed by atoms with van der Waals surface area (Å²) >= 11 is 0. The lowest BCUT2D eigenvalue weighted by Crippen LogP contribution is -1.97. The van der Waals surface area contributed by atoms with E-state index in [9.17, 15) is 17.2 Å². The van der Waals surface area contributed by atoms with E-state index in [1.807, 2.05) is 12.1 Å². The van der Waals surface area contributed by atoms with Crippen molar-refractivity contribution in [1.29, 1.82) is 0 Å². The smallest absolute Gasteiger partial charge is 0.124 e. The van der Waals surface area contributed by atoms with E-state index in [1.54, 1.807) is 37.0 Å². The second-order valence-electron chi connectivity index (χ2n) is 4.69. The lowest BCUT2D eigenvalue weighted by atomic mass is 10.1. The van der Waals surface area contributed by atoms with Crippen LogP contribution in [0.4, 0.5) is 0 Å². The molecule has 0 amide bonds. The minimum atomic E-state index is -4.34. The third-order valence-corrected chi connectivity index (χ3v) is 2.84. The van der Waals surface area contributed by atoms with Gasteiger partial charge >= 0.3 is 0 Å². The van der Waals surface area contributed by atoms with Crippen LogP contribution in [-0.4, -0.2) is 31.7 Å². The van der Waals surface area contributed by atoms with Crippen LogP contribution in [0.3, 0.4) is 0 Å². The topological polar surface area (TPSA) is 74.3 Å². The van der Waals surface area contributed by atoms with Crippen LogP contribution < -0.4 is 0 Å². The summed E-state index contributed by atoms with van der Waals surface area (Å²) in [5.41, 5.74) is 0. The van der Waals surface area contributed by atoms with Gasteiger partial charge in [-0.2, -0.15) is 0 Å². The molecule has 4 nitrogen and oxygen atoms in total. The maximum Gasteiger partial charge on any atom is 0.124 e. The van der Waals surface area contributed by atoms with Gasteiger partial charge in [0.25, 0.3) is 0 Å². The molecule has 0 saturated heterocycles. The first kappa shape index (κ1) is 15.8. The molecule has 0 atom stereocenters. The molecule has 0 N–H and O–H groups in total. The van der Waals surface area contributed by atoms with Gasteiger partial charge in [0.05, 0.1) is 14.8 Å². The van der Waals surface area contributed by atoms with Gasteiger partial charge in [-0.3, -0.25) is 0 Å². The molecule has 0 spiro atoms. The van der Waals surface area contributed by atoms with Crippen LogP contribution in [0.1, 0.15) is 0 Å². The summed E-state index contributed by atoms with van der Waals surface area (Å²) < 4.78 is 42.4. The normalized spacial score (nSPS) is 11.8. The molecular formula is C13H16O4S2. The molecule has 0 aromatic heterocycles. The number of hydrogen-bond acceptors (Lipinski definition) is 4. The van der Waals surface area contributed by atoms with Crippen molar-refractivity contribution >= 4 is 30.8 Å². The predicted octanol–water partition coefficient (Wildman–Crippen LogP) is 2.12. The Morgan fingerprint density at radius 3 is 1.89 bits per heavy atom. The molecule has 0 saturated carbocycles. The first-order valence-corrected chi connectivity index (χ1v) is 9.60. The van der Waals surface area contributed by atoms with Crippen LogP contribution >= 0.6 is 0 Å². The fourth-order valence-electron chi connectivity index (χ4n) is 1.32. The Bertz CT molecular complexity index is 706. The molecular weight excluding hydrogens is 284 g/mol. The van der Waals surface area contributed by atoms with Gasteiger partial charge in [0.1, 0.15) is 28.9 Å². The summed E-state index contributed by atoms with van der Waals surface area (Å²) in [5, 5.41) is 1.67. The summed E-state index contributed by atoms with van der Waals surface area (Å²) in [6.45, 7) is 0. The zero-order chi connectivity index (χ0) is 14.7. The van der Waals surface area contributed by atoms with E-state index in [0.29, 0.717) is 0 Å². The van der Waals surface area contributed by atoms with Crippen LogP contribution in [0.25, 0.3) is 10.8 Å². The first-order valence-electron chi connectivity index (χ1n) is 5.41. The van der Waals surface area contributed by atoms with Crippen molar-refractivity contribution in [2.45, 2.75) is 4.90 Å². The molecule has 0 heterocycles. The van der Waals surface area contributed by atoms with Crippen LogP contribution in [0, 0.1) is 0 Å². The van der Waals surface area contributed by atoms with Crippen molar-refractivity contribution in [3.63, 3.8) is 0 Å². The number of rotatable bonds is 1. The predicted molar refractivity (Wildman–Crippen MR) is 77.7 cm³/mol. The van der Waals surface area contributed by atoms with Crippen molar-refractivity contribution < 1.29 is 17.2 Å². The van der Waals surface area contributed by atoms with Crippen molar-refractivity contribution in [1.82, 2.24) is 0 Å². The lowest BCUT2D eigenvalue weighted by Gasteiger charge is -2.07. The van der Waals surface area contributed by atoms with E-state index in [-0.39, 0.29) is 4.90 Å². The van der Waals surface area contributed by atoms with Crippen LogP contribution in [0.5, 0.6) is 0 Å². The Hall–Kier alpha value is -1.24. The molecule has 6 heteroatoms. The minimum Gasteiger partial charge on any atom is -0.744 e. The van der Waals surface area contributed by atoms with Crippen LogP contribution in [0.15, 0.2) is 47.4 Å². The van der Waals surface area contributed by atoms with Gasteiger partial charge in [0.15, 0.2) is 0 Å². The maximum absolute atomic E-state index is 10.7. The summed E-state index contributed by atoms with van der Waals surface area (Å²) in [5.74, 6) is 0. The molecule has 2 aromatic rings. The van der Waals surface area contributed by atoms with E-state index in [2.05, 4.69) is 0 Å². The van der Waals surface area contributed by atoms with Gasteiger partial charge in [-0.05, 0) is 22.9 Å².